The number of nitrogens with one attached hydrogen (secondary N) is 1. The minimum absolute atomic E-state index is 0.312. The lowest BCUT2D eigenvalue weighted by atomic mass is 10.1. The van der Waals surface area contributed by atoms with Crippen LogP contribution in [0.4, 0.5) is 5.69 Å². The average Bonchev–Trinajstić information content (AvgIpc) is 2.53. The molecule has 0 aliphatic rings. The van der Waals surface area contributed by atoms with E-state index in [1.165, 1.54) is 25.3 Å². The van der Waals surface area contributed by atoms with Gasteiger partial charge in [-0.1, -0.05) is 29.8 Å². The third-order valence-electron chi connectivity index (χ3n) is 2.86. The van der Waals surface area contributed by atoms with Crippen LogP contribution in [-0.4, -0.2) is 18.8 Å². The Morgan fingerprint density at radius 3 is 2.45 bits per heavy atom. The molecule has 0 bridgehead atoms. The largest absolute Gasteiger partial charge is 0.495 e. The zero-order chi connectivity index (χ0) is 15.9. The molecule has 5 heteroatoms. The molecule has 1 amide bonds. The number of allylic oxidation sites excluding steroid dienone is 1. The van der Waals surface area contributed by atoms with Crippen LogP contribution >= 0.6 is 11.6 Å². The smallest absolute Gasteiger partial charge is 0.248 e. The molecular weight excluding hydrogens is 302 g/mol. The molecule has 0 heterocycles. The number of benzene rings is 2. The maximum Gasteiger partial charge on any atom is 0.248 e. The summed E-state index contributed by atoms with van der Waals surface area (Å²) in [6, 6.07) is 13.7. The number of amides is 1. The quantitative estimate of drug-likeness (QED) is 0.675. The van der Waals surface area contributed by atoms with Gasteiger partial charge in [-0.3, -0.25) is 9.59 Å². The van der Waals surface area contributed by atoms with Gasteiger partial charge in [0.05, 0.1) is 12.1 Å². The lowest BCUT2D eigenvalue weighted by molar-refractivity contribution is -0.111. The number of ether oxygens (including phenoxy) is 1. The molecule has 0 fully saturated rings. The van der Waals surface area contributed by atoms with Gasteiger partial charge < -0.3 is 10.1 Å². The van der Waals surface area contributed by atoms with Crippen molar-refractivity contribution >= 4 is 29.0 Å². The number of halogens is 1. The van der Waals surface area contributed by atoms with Crippen molar-refractivity contribution in [3.63, 3.8) is 0 Å². The Bertz CT molecular complexity index is 711. The molecule has 2 aromatic rings. The number of rotatable bonds is 5. The predicted octanol–water partition coefficient (Wildman–Crippen LogP) is 3.73. The van der Waals surface area contributed by atoms with Gasteiger partial charge >= 0.3 is 0 Å². The minimum atomic E-state index is -0.376. The van der Waals surface area contributed by atoms with Crippen LogP contribution in [0.25, 0.3) is 0 Å². The maximum absolute atomic E-state index is 12.0. The highest BCUT2D eigenvalue weighted by atomic mass is 35.5. The van der Waals surface area contributed by atoms with E-state index >= 15 is 0 Å². The summed E-state index contributed by atoms with van der Waals surface area (Å²) in [5.74, 6) is -0.198. The molecule has 1 N–H and O–H groups in total. The van der Waals surface area contributed by atoms with Gasteiger partial charge in [0.15, 0.2) is 5.78 Å². The molecule has 0 atom stereocenters. The second-order valence-electron chi connectivity index (χ2n) is 4.40. The van der Waals surface area contributed by atoms with E-state index in [4.69, 9.17) is 16.3 Å². The van der Waals surface area contributed by atoms with Crippen LogP contribution in [0.2, 0.25) is 5.02 Å². The summed E-state index contributed by atoms with van der Waals surface area (Å²) in [5, 5.41) is 3.00. The number of anilines is 1. The third kappa shape index (κ3) is 4.20. The van der Waals surface area contributed by atoms with E-state index in [1.807, 2.05) is 18.2 Å². The first-order valence-corrected chi connectivity index (χ1v) is 6.90. The van der Waals surface area contributed by atoms with Crippen LogP contribution in [0.1, 0.15) is 10.4 Å². The molecule has 0 unspecified atom stereocenters. The second-order valence-corrected chi connectivity index (χ2v) is 4.81. The van der Waals surface area contributed by atoms with Crippen LogP contribution in [0, 0.1) is 0 Å². The number of hydrogen-bond acceptors (Lipinski definition) is 3. The van der Waals surface area contributed by atoms with Crippen molar-refractivity contribution in [3.8, 4) is 5.75 Å². The fraction of sp³-hybridized carbons (Fsp3) is 0.0588. The number of hydrogen-bond donors (Lipinski definition) is 1. The molecule has 0 aliphatic carbocycles. The van der Waals surface area contributed by atoms with Crippen LogP contribution in [0.5, 0.6) is 5.75 Å². The molecule has 22 heavy (non-hydrogen) atoms. The van der Waals surface area contributed by atoms with E-state index in [2.05, 4.69) is 5.32 Å². The highest BCUT2D eigenvalue weighted by Gasteiger charge is 2.07. The van der Waals surface area contributed by atoms with E-state index in [0.717, 1.165) is 0 Å². The lowest BCUT2D eigenvalue weighted by Gasteiger charge is -2.04. The van der Waals surface area contributed by atoms with Crippen molar-refractivity contribution < 1.29 is 14.3 Å². The van der Waals surface area contributed by atoms with E-state index < -0.39 is 0 Å². The zero-order valence-electron chi connectivity index (χ0n) is 11.9. The van der Waals surface area contributed by atoms with Crippen molar-refractivity contribution in [1.82, 2.24) is 0 Å². The Morgan fingerprint density at radius 2 is 1.82 bits per heavy atom. The van der Waals surface area contributed by atoms with Gasteiger partial charge in [-0.05, 0) is 36.4 Å². The summed E-state index contributed by atoms with van der Waals surface area (Å²) in [6.07, 6.45) is 2.39. The molecule has 0 saturated carbocycles. The molecule has 0 saturated heterocycles. The van der Waals surface area contributed by atoms with Gasteiger partial charge in [0.2, 0.25) is 5.91 Å². The number of methoxy groups -OCH3 is 1. The average molecular weight is 316 g/mol. The van der Waals surface area contributed by atoms with Gasteiger partial charge in [0.1, 0.15) is 5.75 Å². The van der Waals surface area contributed by atoms with Gasteiger partial charge in [-0.2, -0.15) is 0 Å². The Hall–Kier alpha value is -2.59. The molecule has 0 spiro atoms. The van der Waals surface area contributed by atoms with Crippen LogP contribution in [0.15, 0.2) is 60.7 Å². The number of ketones is 1. The fourth-order valence-electron chi connectivity index (χ4n) is 1.77. The molecule has 0 aliphatic heterocycles. The summed E-state index contributed by atoms with van der Waals surface area (Å²) < 4.78 is 5.02. The normalized spacial score (nSPS) is 10.5. The van der Waals surface area contributed by atoms with Crippen LogP contribution in [-0.2, 0) is 4.79 Å². The Kier molecular flexibility index (Phi) is 5.33. The molecular formula is C17H14ClNO3. The number of carbonyl (C=O) groups is 2. The van der Waals surface area contributed by atoms with Gasteiger partial charge in [-0.15, -0.1) is 0 Å². The topological polar surface area (TPSA) is 55.4 Å². The van der Waals surface area contributed by atoms with Gasteiger partial charge in [0.25, 0.3) is 0 Å². The molecule has 0 aromatic heterocycles. The summed E-state index contributed by atoms with van der Waals surface area (Å²) in [6.45, 7) is 0. The lowest BCUT2D eigenvalue weighted by Crippen LogP contribution is -2.08. The van der Waals surface area contributed by atoms with Crippen molar-refractivity contribution in [1.29, 1.82) is 0 Å². The number of carbonyl (C=O) groups excluding carboxylic acids is 2. The minimum Gasteiger partial charge on any atom is -0.495 e. The van der Waals surface area contributed by atoms with Crippen LogP contribution in [0.3, 0.4) is 0 Å². The molecule has 112 valence electrons. The Morgan fingerprint density at radius 1 is 1.09 bits per heavy atom. The van der Waals surface area contributed by atoms with E-state index in [1.54, 1.807) is 24.3 Å². The van der Waals surface area contributed by atoms with Gasteiger partial charge in [-0.25, -0.2) is 0 Å². The highest BCUT2D eigenvalue weighted by molar-refractivity contribution is 6.32. The van der Waals surface area contributed by atoms with Crippen molar-refractivity contribution in [2.75, 3.05) is 12.4 Å². The van der Waals surface area contributed by atoms with E-state index in [9.17, 15) is 9.59 Å². The van der Waals surface area contributed by atoms with E-state index in [-0.39, 0.29) is 11.7 Å². The molecule has 4 nitrogen and oxygen atoms in total. The molecule has 0 radical (unpaired) electrons. The van der Waals surface area contributed by atoms with Crippen LogP contribution < -0.4 is 10.1 Å². The predicted molar refractivity (Wildman–Crippen MR) is 86.5 cm³/mol. The first-order valence-electron chi connectivity index (χ1n) is 6.52. The maximum atomic E-state index is 12.0. The molecule has 2 aromatic carbocycles. The Labute approximate surface area is 133 Å². The SMILES string of the molecule is COc1ccc(C(=O)C=CC(=O)Nc2ccccc2)cc1Cl. The summed E-state index contributed by atoms with van der Waals surface area (Å²) >= 11 is 5.96. The van der Waals surface area contributed by atoms with Crippen molar-refractivity contribution in [2.45, 2.75) is 0 Å². The summed E-state index contributed by atoms with van der Waals surface area (Å²) in [4.78, 5) is 23.7. The summed E-state index contributed by atoms with van der Waals surface area (Å²) in [7, 11) is 1.50. The standard InChI is InChI=1S/C17H14ClNO3/c1-22-16-9-7-12(11-14(16)18)15(20)8-10-17(21)19-13-5-3-2-4-6-13/h2-11H,1H3,(H,19,21). The number of para-hydroxylation sites is 1. The van der Waals surface area contributed by atoms with Gasteiger partial charge in [0, 0.05) is 17.3 Å². The molecule has 2 rings (SSSR count). The van der Waals surface area contributed by atoms with Crippen molar-refractivity contribution in [3.05, 3.63) is 71.3 Å². The zero-order valence-corrected chi connectivity index (χ0v) is 12.6. The summed E-state index contributed by atoms with van der Waals surface area (Å²) in [5.41, 5.74) is 1.05. The van der Waals surface area contributed by atoms with Crippen molar-refractivity contribution in [2.24, 2.45) is 0 Å². The second kappa shape index (κ2) is 7.43. The fourth-order valence-corrected chi connectivity index (χ4v) is 2.03. The third-order valence-corrected chi connectivity index (χ3v) is 3.16. The Balaban J connectivity index is 2.02. The highest BCUT2D eigenvalue weighted by Crippen LogP contribution is 2.25. The first kappa shape index (κ1) is 15.8. The first-order chi connectivity index (χ1) is 10.6. The monoisotopic (exact) mass is 315 g/mol. The van der Waals surface area contributed by atoms with E-state index in [0.29, 0.717) is 22.0 Å².